The molecule has 2 heterocycles. The molecule has 0 unspecified atom stereocenters. The largest absolute Gasteiger partial charge is 0.480 e. The van der Waals surface area contributed by atoms with Crippen molar-refractivity contribution in [3.8, 4) is 11.3 Å². The third-order valence-electron chi connectivity index (χ3n) is 6.37. The summed E-state index contributed by atoms with van der Waals surface area (Å²) in [5.74, 6) is -2.43. The summed E-state index contributed by atoms with van der Waals surface area (Å²) in [6.45, 7) is 2.78. The van der Waals surface area contributed by atoms with E-state index in [1.165, 1.54) is 29.1 Å². The lowest BCUT2D eigenvalue weighted by atomic mass is 9.87. The topological polar surface area (TPSA) is 184 Å². The van der Waals surface area contributed by atoms with Gasteiger partial charge in [0.1, 0.15) is 24.0 Å². The summed E-state index contributed by atoms with van der Waals surface area (Å²) in [6.07, 6.45) is -1.45. The zero-order valence-electron chi connectivity index (χ0n) is 20.5. The van der Waals surface area contributed by atoms with Crippen molar-refractivity contribution >= 4 is 21.7 Å². The van der Waals surface area contributed by atoms with E-state index in [0.29, 0.717) is 11.3 Å². The van der Waals surface area contributed by atoms with Gasteiger partial charge in [0.15, 0.2) is 0 Å². The number of aliphatic hydroxyl groups is 3. The lowest BCUT2D eigenvalue weighted by Gasteiger charge is -2.37. The van der Waals surface area contributed by atoms with Crippen LogP contribution in [0.2, 0.25) is 0 Å². The Morgan fingerprint density at radius 2 is 1.84 bits per heavy atom. The van der Waals surface area contributed by atoms with Crippen LogP contribution in [0.15, 0.2) is 71.5 Å². The number of carbonyl (C=O) groups is 1. The van der Waals surface area contributed by atoms with Gasteiger partial charge in [0.2, 0.25) is 5.76 Å². The van der Waals surface area contributed by atoms with Crippen molar-refractivity contribution in [2.45, 2.75) is 43.1 Å². The molecule has 2 aromatic carbocycles. The fraction of sp³-hybridized carbons (Fsp3) is 0.320. The van der Waals surface area contributed by atoms with Crippen molar-refractivity contribution in [1.82, 2.24) is 15.0 Å². The van der Waals surface area contributed by atoms with E-state index in [-0.39, 0.29) is 10.6 Å². The van der Waals surface area contributed by atoms with Crippen molar-refractivity contribution in [1.29, 1.82) is 0 Å². The Morgan fingerprint density at radius 1 is 1.16 bits per heavy atom. The fourth-order valence-electron chi connectivity index (χ4n) is 4.20. The maximum Gasteiger partial charge on any atom is 0.370 e. The third-order valence-corrected chi connectivity index (χ3v) is 7.75. The molecule has 3 aromatic rings. The molecule has 0 amide bonds. The Balaban J connectivity index is 1.66. The summed E-state index contributed by atoms with van der Waals surface area (Å²) in [6, 6.07) is 12.3. The van der Waals surface area contributed by atoms with E-state index in [1.54, 1.807) is 43.3 Å². The first kappa shape index (κ1) is 27.3. The maximum absolute atomic E-state index is 13.0. The first-order chi connectivity index (χ1) is 18.0. The highest BCUT2D eigenvalue weighted by Gasteiger charge is 2.41. The SMILES string of the molecule is Cc1ccc(S(=O)(=O)Nc2ccccc2-c2cn([C@H]3C=C(C(=O)O)O[C@@H]([C@H](O)[C@H](O)CO)[C@@H]3C)nn2)cc1. The van der Waals surface area contributed by atoms with Crippen LogP contribution in [0.1, 0.15) is 18.5 Å². The van der Waals surface area contributed by atoms with Crippen LogP contribution in [0, 0.1) is 12.8 Å². The Bertz CT molecular complexity index is 1440. The van der Waals surface area contributed by atoms with Crippen LogP contribution in [0.4, 0.5) is 5.69 Å². The number of aromatic nitrogens is 3. The Morgan fingerprint density at radius 3 is 2.50 bits per heavy atom. The van der Waals surface area contributed by atoms with Gasteiger partial charge in [-0.3, -0.25) is 4.72 Å². The monoisotopic (exact) mass is 544 g/mol. The van der Waals surface area contributed by atoms with Gasteiger partial charge in [0.05, 0.1) is 29.4 Å². The van der Waals surface area contributed by atoms with Gasteiger partial charge in [0, 0.05) is 11.5 Å². The van der Waals surface area contributed by atoms with Gasteiger partial charge >= 0.3 is 5.97 Å². The number of aliphatic hydroxyl groups excluding tert-OH is 3. The number of hydrogen-bond donors (Lipinski definition) is 5. The molecule has 0 aliphatic carbocycles. The lowest BCUT2D eigenvalue weighted by Crippen LogP contribution is -2.48. The van der Waals surface area contributed by atoms with Gasteiger partial charge in [-0.25, -0.2) is 17.9 Å². The number of carboxylic acids is 1. The second-order valence-corrected chi connectivity index (χ2v) is 10.7. The number of aryl methyl sites for hydroxylation is 1. The Labute approximate surface area is 218 Å². The standard InChI is InChI=1S/C25H28N4O8S/c1-14-7-9-16(10-8-14)38(35,36)27-18-6-4-3-5-17(18)19-12-29(28-26-19)20-11-22(25(33)34)37-24(15(20)2)23(32)21(31)13-30/h3-12,15,20-21,23-24,27,30-32H,13H2,1-2H3,(H,33,34)/t15-,20+,21-,23-,24-/m1/s1. The van der Waals surface area contributed by atoms with E-state index in [9.17, 15) is 33.6 Å². The van der Waals surface area contributed by atoms with Crippen LogP contribution in [-0.2, 0) is 19.6 Å². The molecule has 0 fully saturated rings. The first-order valence-electron chi connectivity index (χ1n) is 11.7. The van der Waals surface area contributed by atoms with Crippen LogP contribution in [0.25, 0.3) is 11.3 Å². The van der Waals surface area contributed by atoms with E-state index in [0.717, 1.165) is 5.56 Å². The highest BCUT2D eigenvalue weighted by atomic mass is 32.2. The Kier molecular flexibility index (Phi) is 7.83. The number of hydrogen-bond acceptors (Lipinski definition) is 9. The summed E-state index contributed by atoms with van der Waals surface area (Å²) >= 11 is 0. The third kappa shape index (κ3) is 5.55. The van der Waals surface area contributed by atoms with Gasteiger partial charge in [-0.1, -0.05) is 48.0 Å². The fourth-order valence-corrected chi connectivity index (χ4v) is 5.28. The lowest BCUT2D eigenvalue weighted by molar-refractivity contribution is -0.148. The molecule has 202 valence electrons. The minimum atomic E-state index is -3.90. The minimum absolute atomic E-state index is 0.0959. The van der Waals surface area contributed by atoms with Gasteiger partial charge < -0.3 is 25.2 Å². The van der Waals surface area contributed by atoms with Crippen molar-refractivity contribution in [2.24, 2.45) is 5.92 Å². The molecule has 38 heavy (non-hydrogen) atoms. The summed E-state index contributed by atoms with van der Waals surface area (Å²) in [4.78, 5) is 11.8. The molecule has 0 spiro atoms. The van der Waals surface area contributed by atoms with Gasteiger partial charge in [-0.05, 0) is 31.2 Å². The van der Waals surface area contributed by atoms with Crippen LogP contribution >= 0.6 is 0 Å². The average Bonchev–Trinajstić information content (AvgIpc) is 3.38. The summed E-state index contributed by atoms with van der Waals surface area (Å²) in [7, 11) is -3.90. The van der Waals surface area contributed by atoms with Crippen LogP contribution in [-0.4, -0.2) is 74.7 Å². The smallest absolute Gasteiger partial charge is 0.370 e. The number of benzene rings is 2. The molecule has 5 N–H and O–H groups in total. The van der Waals surface area contributed by atoms with Crippen molar-refractivity contribution in [3.05, 3.63) is 72.1 Å². The molecule has 0 radical (unpaired) electrons. The summed E-state index contributed by atoms with van der Waals surface area (Å²) in [5, 5.41) is 47.4. The van der Waals surface area contributed by atoms with Crippen LogP contribution in [0.5, 0.6) is 0 Å². The van der Waals surface area contributed by atoms with Crippen LogP contribution in [0.3, 0.4) is 0 Å². The van der Waals surface area contributed by atoms with Crippen LogP contribution < -0.4 is 4.72 Å². The molecule has 0 bridgehead atoms. The van der Waals surface area contributed by atoms with E-state index in [1.807, 2.05) is 6.92 Å². The van der Waals surface area contributed by atoms with E-state index < -0.39 is 58.6 Å². The number of para-hydroxylation sites is 1. The number of allylic oxidation sites excluding steroid dienone is 1. The molecule has 0 saturated carbocycles. The van der Waals surface area contributed by atoms with Crippen molar-refractivity contribution in [3.63, 3.8) is 0 Å². The van der Waals surface area contributed by atoms with Crippen molar-refractivity contribution < 1.29 is 38.4 Å². The van der Waals surface area contributed by atoms with Gasteiger partial charge in [0.25, 0.3) is 10.0 Å². The van der Waals surface area contributed by atoms with E-state index >= 15 is 0 Å². The minimum Gasteiger partial charge on any atom is -0.480 e. The molecule has 1 aromatic heterocycles. The normalized spacial score (nSPS) is 21.2. The number of rotatable bonds is 9. The molecular formula is C25H28N4O8S. The molecule has 4 rings (SSSR count). The van der Waals surface area contributed by atoms with E-state index in [4.69, 9.17) is 4.74 Å². The van der Waals surface area contributed by atoms with Gasteiger partial charge in [-0.15, -0.1) is 5.10 Å². The number of aliphatic carboxylic acids is 1. The number of carboxylic acid groups (broad SMARTS) is 1. The van der Waals surface area contributed by atoms with Crippen molar-refractivity contribution in [2.75, 3.05) is 11.3 Å². The first-order valence-corrected chi connectivity index (χ1v) is 13.2. The number of sulfonamides is 1. The second-order valence-electron chi connectivity index (χ2n) is 9.06. The number of nitrogens with zero attached hydrogens (tertiary/aromatic N) is 3. The molecule has 13 heteroatoms. The zero-order valence-corrected chi connectivity index (χ0v) is 21.4. The predicted octanol–water partition coefficient (Wildman–Crippen LogP) is 1.31. The zero-order chi connectivity index (χ0) is 27.6. The Hall–Kier alpha value is -3.78. The van der Waals surface area contributed by atoms with Gasteiger partial charge in [-0.2, -0.15) is 0 Å². The summed E-state index contributed by atoms with van der Waals surface area (Å²) < 4.78 is 35.3. The average molecular weight is 545 g/mol. The second kappa shape index (κ2) is 10.9. The summed E-state index contributed by atoms with van der Waals surface area (Å²) in [5.41, 5.74) is 1.93. The molecule has 5 atom stereocenters. The predicted molar refractivity (Wildman–Crippen MR) is 135 cm³/mol. The highest BCUT2D eigenvalue weighted by molar-refractivity contribution is 7.92. The molecule has 0 saturated heterocycles. The van der Waals surface area contributed by atoms with E-state index in [2.05, 4.69) is 15.0 Å². The number of nitrogens with one attached hydrogen (secondary N) is 1. The molecule has 1 aliphatic rings. The quantitative estimate of drug-likeness (QED) is 0.263. The molecule has 1 aliphatic heterocycles. The number of anilines is 1. The molecule has 12 nitrogen and oxygen atoms in total. The number of ether oxygens (including phenoxy) is 1. The highest BCUT2D eigenvalue weighted by Crippen LogP contribution is 2.35. The maximum atomic E-state index is 13.0. The molecular weight excluding hydrogens is 516 g/mol.